The summed E-state index contributed by atoms with van der Waals surface area (Å²) in [5.41, 5.74) is 7.90. The Kier molecular flexibility index (Phi) is 2.00. The Morgan fingerprint density at radius 3 is 2.67 bits per heavy atom. The van der Waals surface area contributed by atoms with Crippen LogP contribution in [0.1, 0.15) is 0 Å². The van der Waals surface area contributed by atoms with E-state index in [9.17, 15) is 10.1 Å². The average molecular weight is 166 g/mol. The lowest BCUT2D eigenvalue weighted by molar-refractivity contribution is -0.384. The molecule has 6 nitrogen and oxygen atoms in total. The SMILES string of the molecule is [N]=Nc1ccc([N+](=O)[O-])cc1O. The highest BCUT2D eigenvalue weighted by atomic mass is 16.6. The molecule has 1 N–H and O–H groups in total. The van der Waals surface area contributed by atoms with Crippen LogP contribution in [0.3, 0.4) is 0 Å². The molecular formula is C6H4N3O3. The fourth-order valence-corrected chi connectivity index (χ4v) is 0.710. The summed E-state index contributed by atoms with van der Waals surface area (Å²) in [5, 5.41) is 21.8. The third kappa shape index (κ3) is 1.36. The van der Waals surface area contributed by atoms with Gasteiger partial charge in [0.05, 0.1) is 11.0 Å². The maximum Gasteiger partial charge on any atom is 0.273 e. The number of phenolic OH excluding ortho intramolecular Hbond substituents is 1. The Morgan fingerprint density at radius 2 is 2.25 bits per heavy atom. The molecule has 0 aromatic heterocycles. The molecule has 0 saturated carbocycles. The van der Waals surface area contributed by atoms with Crippen molar-refractivity contribution in [2.75, 3.05) is 0 Å². The van der Waals surface area contributed by atoms with Gasteiger partial charge in [-0.1, -0.05) is 0 Å². The van der Waals surface area contributed by atoms with Crippen LogP contribution in [0, 0.1) is 10.1 Å². The molecule has 0 unspecified atom stereocenters. The number of non-ortho nitro benzene ring substituents is 1. The number of rotatable bonds is 2. The number of nitro benzene ring substituents is 1. The zero-order valence-electron chi connectivity index (χ0n) is 5.84. The van der Waals surface area contributed by atoms with Crippen molar-refractivity contribution in [3.05, 3.63) is 28.3 Å². The van der Waals surface area contributed by atoms with Gasteiger partial charge in [-0.15, -0.1) is 5.11 Å². The van der Waals surface area contributed by atoms with Crippen molar-refractivity contribution in [2.45, 2.75) is 0 Å². The first kappa shape index (κ1) is 8.12. The van der Waals surface area contributed by atoms with Crippen molar-refractivity contribution in [2.24, 2.45) is 5.11 Å². The van der Waals surface area contributed by atoms with E-state index in [1.54, 1.807) is 0 Å². The molecule has 0 heterocycles. The number of nitro groups is 1. The summed E-state index contributed by atoms with van der Waals surface area (Å²) < 4.78 is 0. The topological polar surface area (TPSA) is 98.0 Å². The quantitative estimate of drug-likeness (QED) is 0.405. The lowest BCUT2D eigenvalue weighted by atomic mass is 10.2. The number of hydrogen-bond acceptors (Lipinski definition) is 4. The molecular weight excluding hydrogens is 162 g/mol. The Bertz CT molecular complexity index is 337. The van der Waals surface area contributed by atoms with E-state index >= 15 is 0 Å². The smallest absolute Gasteiger partial charge is 0.273 e. The minimum absolute atomic E-state index is 0.0967. The molecule has 0 saturated heterocycles. The molecule has 0 bridgehead atoms. The van der Waals surface area contributed by atoms with E-state index in [-0.39, 0.29) is 11.4 Å². The molecule has 0 atom stereocenters. The zero-order valence-corrected chi connectivity index (χ0v) is 5.84. The van der Waals surface area contributed by atoms with Crippen LogP contribution in [0.15, 0.2) is 23.3 Å². The Hall–Kier alpha value is -1.98. The van der Waals surface area contributed by atoms with Gasteiger partial charge in [-0.2, -0.15) is 0 Å². The van der Waals surface area contributed by atoms with E-state index in [4.69, 9.17) is 10.6 Å². The monoisotopic (exact) mass is 166 g/mol. The van der Waals surface area contributed by atoms with E-state index < -0.39 is 10.7 Å². The van der Waals surface area contributed by atoms with Crippen molar-refractivity contribution < 1.29 is 10.0 Å². The maximum atomic E-state index is 10.2. The van der Waals surface area contributed by atoms with E-state index in [0.717, 1.165) is 18.2 Å². The first-order valence-electron chi connectivity index (χ1n) is 2.97. The fourth-order valence-electron chi connectivity index (χ4n) is 0.710. The van der Waals surface area contributed by atoms with Crippen LogP contribution in [0.2, 0.25) is 0 Å². The summed E-state index contributed by atoms with van der Waals surface area (Å²) >= 11 is 0. The summed E-state index contributed by atoms with van der Waals surface area (Å²) in [6.07, 6.45) is 0. The Balaban J connectivity index is 3.18. The van der Waals surface area contributed by atoms with E-state index in [2.05, 4.69) is 5.11 Å². The molecule has 0 aliphatic carbocycles. The molecule has 0 aliphatic rings. The predicted octanol–water partition coefficient (Wildman–Crippen LogP) is 1.18. The summed E-state index contributed by atoms with van der Waals surface area (Å²) in [5.74, 6) is -0.424. The summed E-state index contributed by atoms with van der Waals surface area (Å²) in [7, 11) is 0. The number of nitrogens with zero attached hydrogens (tertiary/aromatic N) is 3. The van der Waals surface area contributed by atoms with Gasteiger partial charge in [0.1, 0.15) is 11.4 Å². The van der Waals surface area contributed by atoms with Crippen LogP contribution in [-0.2, 0) is 0 Å². The Morgan fingerprint density at radius 1 is 1.58 bits per heavy atom. The van der Waals surface area contributed by atoms with Crippen LogP contribution in [-0.4, -0.2) is 10.0 Å². The second kappa shape index (κ2) is 2.95. The molecule has 1 rings (SSSR count). The third-order valence-corrected chi connectivity index (χ3v) is 1.28. The Labute approximate surface area is 67.1 Å². The second-order valence-corrected chi connectivity index (χ2v) is 2.03. The largest absolute Gasteiger partial charge is 0.505 e. The van der Waals surface area contributed by atoms with Gasteiger partial charge in [-0.05, 0) is 11.6 Å². The molecule has 1 aromatic rings. The van der Waals surface area contributed by atoms with Gasteiger partial charge in [-0.3, -0.25) is 10.1 Å². The van der Waals surface area contributed by atoms with Crippen LogP contribution in [0.4, 0.5) is 11.4 Å². The van der Waals surface area contributed by atoms with Gasteiger partial charge >= 0.3 is 0 Å². The summed E-state index contributed by atoms with van der Waals surface area (Å²) in [6.45, 7) is 0. The molecule has 61 valence electrons. The van der Waals surface area contributed by atoms with Gasteiger partial charge in [0.15, 0.2) is 0 Å². The molecule has 1 aromatic carbocycles. The van der Waals surface area contributed by atoms with Gasteiger partial charge in [0.2, 0.25) is 0 Å². The fraction of sp³-hybridized carbons (Fsp3) is 0. The van der Waals surface area contributed by atoms with Crippen molar-refractivity contribution >= 4 is 11.4 Å². The summed E-state index contributed by atoms with van der Waals surface area (Å²) in [4.78, 5) is 9.50. The van der Waals surface area contributed by atoms with Gasteiger partial charge in [0.25, 0.3) is 5.69 Å². The number of aromatic hydroxyl groups is 1. The van der Waals surface area contributed by atoms with Crippen molar-refractivity contribution in [1.29, 1.82) is 0 Å². The minimum atomic E-state index is -0.652. The highest BCUT2D eigenvalue weighted by molar-refractivity contribution is 5.55. The lowest BCUT2D eigenvalue weighted by Crippen LogP contribution is -1.86. The van der Waals surface area contributed by atoms with Crippen molar-refractivity contribution in [1.82, 2.24) is 5.53 Å². The molecule has 6 heteroatoms. The molecule has 0 aliphatic heterocycles. The maximum absolute atomic E-state index is 10.2. The second-order valence-electron chi connectivity index (χ2n) is 2.03. The van der Waals surface area contributed by atoms with Crippen LogP contribution >= 0.6 is 0 Å². The minimum Gasteiger partial charge on any atom is -0.505 e. The highest BCUT2D eigenvalue weighted by Crippen LogP contribution is 2.29. The zero-order chi connectivity index (χ0) is 9.14. The number of hydrogen-bond donors (Lipinski definition) is 1. The summed E-state index contributed by atoms with van der Waals surface area (Å²) in [6, 6.07) is 3.19. The van der Waals surface area contributed by atoms with E-state index in [1.165, 1.54) is 0 Å². The van der Waals surface area contributed by atoms with E-state index in [1.807, 2.05) is 0 Å². The molecule has 0 fully saturated rings. The van der Waals surface area contributed by atoms with E-state index in [0.29, 0.717) is 0 Å². The first-order chi connectivity index (χ1) is 5.65. The normalized spacial score (nSPS) is 9.33. The third-order valence-electron chi connectivity index (χ3n) is 1.28. The first-order valence-corrected chi connectivity index (χ1v) is 2.97. The predicted molar refractivity (Wildman–Crippen MR) is 39.0 cm³/mol. The molecule has 1 radical (unpaired) electrons. The van der Waals surface area contributed by atoms with Crippen LogP contribution in [0.25, 0.3) is 0 Å². The van der Waals surface area contributed by atoms with Gasteiger partial charge in [-0.25, -0.2) is 0 Å². The average Bonchev–Trinajstić information content (AvgIpc) is 2.04. The van der Waals surface area contributed by atoms with Crippen molar-refractivity contribution in [3.63, 3.8) is 0 Å². The van der Waals surface area contributed by atoms with Gasteiger partial charge in [0, 0.05) is 6.07 Å². The van der Waals surface area contributed by atoms with Crippen molar-refractivity contribution in [3.8, 4) is 5.75 Å². The number of benzene rings is 1. The van der Waals surface area contributed by atoms with Gasteiger partial charge < -0.3 is 5.11 Å². The molecule has 0 amide bonds. The highest BCUT2D eigenvalue weighted by Gasteiger charge is 2.08. The standard InChI is InChI=1S/C6H4N3O3/c7-8-5-2-1-4(9(11)12)3-6(5)10/h1-3,10H. The van der Waals surface area contributed by atoms with Crippen LogP contribution in [0.5, 0.6) is 5.75 Å². The number of phenols is 1. The lowest BCUT2D eigenvalue weighted by Gasteiger charge is -1.94. The van der Waals surface area contributed by atoms with Crippen LogP contribution < -0.4 is 5.53 Å². The molecule has 12 heavy (non-hydrogen) atoms. The molecule has 0 spiro atoms.